The van der Waals surface area contributed by atoms with Gasteiger partial charge in [0.05, 0.1) is 5.54 Å². The molecule has 1 fully saturated rings. The molecule has 158 valence electrons. The molecule has 6 N–H and O–H groups in total. The summed E-state index contributed by atoms with van der Waals surface area (Å²) in [4.78, 5) is 48.0. The van der Waals surface area contributed by atoms with Gasteiger partial charge in [-0.05, 0) is 38.3 Å². The predicted octanol–water partition coefficient (Wildman–Crippen LogP) is -0.309. The van der Waals surface area contributed by atoms with Crippen LogP contribution < -0.4 is 21.7 Å². The first kappa shape index (κ1) is 22.4. The van der Waals surface area contributed by atoms with E-state index in [1.165, 1.54) is 0 Å². The summed E-state index contributed by atoms with van der Waals surface area (Å²) in [6.45, 7) is 2.49. The third-order valence-electron chi connectivity index (χ3n) is 5.07. The van der Waals surface area contributed by atoms with Crippen molar-refractivity contribution in [3.8, 4) is 0 Å². The quantitative estimate of drug-likeness (QED) is 0.361. The summed E-state index contributed by atoms with van der Waals surface area (Å²) >= 11 is 0. The first-order valence-electron chi connectivity index (χ1n) is 9.62. The van der Waals surface area contributed by atoms with Crippen LogP contribution in [0.15, 0.2) is 30.3 Å². The van der Waals surface area contributed by atoms with E-state index in [0.29, 0.717) is 13.0 Å². The first-order chi connectivity index (χ1) is 13.7. The largest absolute Gasteiger partial charge is 0.480 e. The number of amides is 3. The number of hydrogen-bond donors (Lipinski definition) is 5. The lowest BCUT2D eigenvalue weighted by molar-refractivity contribution is -0.142. The number of aliphatic carboxylic acids is 1. The number of carboxylic acid groups (broad SMARTS) is 1. The highest BCUT2D eigenvalue weighted by molar-refractivity contribution is 5.93. The summed E-state index contributed by atoms with van der Waals surface area (Å²) in [6.07, 6.45) is 1.41. The van der Waals surface area contributed by atoms with Crippen molar-refractivity contribution >= 4 is 23.7 Å². The van der Waals surface area contributed by atoms with Crippen LogP contribution in [0.5, 0.6) is 0 Å². The molecule has 3 atom stereocenters. The predicted molar refractivity (Wildman–Crippen MR) is 106 cm³/mol. The van der Waals surface area contributed by atoms with Gasteiger partial charge in [-0.3, -0.25) is 14.4 Å². The van der Waals surface area contributed by atoms with Crippen LogP contribution in [0.4, 0.5) is 0 Å². The molecule has 0 spiro atoms. The lowest BCUT2D eigenvalue weighted by atomic mass is 9.97. The molecule has 1 aliphatic heterocycles. The number of carbonyl (C=O) groups excluding carboxylic acids is 3. The Hall–Kier alpha value is -2.94. The van der Waals surface area contributed by atoms with Gasteiger partial charge >= 0.3 is 5.97 Å². The Balaban J connectivity index is 2.13. The molecule has 3 amide bonds. The van der Waals surface area contributed by atoms with Gasteiger partial charge in [-0.1, -0.05) is 30.3 Å². The first-order valence-corrected chi connectivity index (χ1v) is 9.62. The maximum atomic E-state index is 12.8. The molecule has 2 rings (SSSR count). The standard InChI is InChI=1S/C20H28N4O5/c1-20(10-5-11-22-20)19(29)24-15(12-13-6-3-2-4-7-13)17(26)23-14(18(27)28)8-9-16(21)25/h2-4,6-7,14-15,22H,5,8-12H2,1H3,(H2,21,25)(H,23,26)(H,24,29)(H,27,28)/t14-,15-,20-/m0/s1. The van der Waals surface area contributed by atoms with E-state index in [1.807, 2.05) is 30.3 Å². The van der Waals surface area contributed by atoms with Gasteiger partial charge in [0, 0.05) is 12.8 Å². The van der Waals surface area contributed by atoms with Crippen LogP contribution in [0.2, 0.25) is 0 Å². The van der Waals surface area contributed by atoms with Crippen LogP contribution >= 0.6 is 0 Å². The number of nitrogens with two attached hydrogens (primary N) is 1. The zero-order chi connectivity index (χ0) is 21.4. The van der Waals surface area contributed by atoms with E-state index in [1.54, 1.807) is 6.92 Å². The Morgan fingerprint density at radius 2 is 1.86 bits per heavy atom. The maximum Gasteiger partial charge on any atom is 0.326 e. The van der Waals surface area contributed by atoms with Gasteiger partial charge in [0.2, 0.25) is 17.7 Å². The highest BCUT2D eigenvalue weighted by atomic mass is 16.4. The topological polar surface area (TPSA) is 151 Å². The molecule has 1 aromatic rings. The highest BCUT2D eigenvalue weighted by Gasteiger charge is 2.38. The van der Waals surface area contributed by atoms with E-state index in [-0.39, 0.29) is 25.2 Å². The molecule has 9 heteroatoms. The normalized spacial score (nSPS) is 20.4. The Bertz CT molecular complexity index is 746. The molecule has 1 aliphatic rings. The van der Waals surface area contributed by atoms with Crippen molar-refractivity contribution in [2.75, 3.05) is 6.54 Å². The number of rotatable bonds is 10. The average molecular weight is 404 g/mol. The molecule has 0 radical (unpaired) electrons. The van der Waals surface area contributed by atoms with Crippen LogP contribution in [0.25, 0.3) is 0 Å². The fourth-order valence-electron chi connectivity index (χ4n) is 3.28. The van der Waals surface area contributed by atoms with E-state index < -0.39 is 35.4 Å². The molecule has 1 saturated heterocycles. The molecule has 1 aromatic carbocycles. The van der Waals surface area contributed by atoms with Gasteiger partial charge in [-0.25, -0.2) is 4.79 Å². The average Bonchev–Trinajstić information content (AvgIpc) is 3.12. The summed E-state index contributed by atoms with van der Waals surface area (Å²) in [6, 6.07) is 6.89. The van der Waals surface area contributed by atoms with Gasteiger partial charge < -0.3 is 26.8 Å². The zero-order valence-corrected chi connectivity index (χ0v) is 16.4. The number of hydrogen-bond acceptors (Lipinski definition) is 5. The Kier molecular flexibility index (Phi) is 7.72. The van der Waals surface area contributed by atoms with Crippen molar-refractivity contribution in [3.05, 3.63) is 35.9 Å². The van der Waals surface area contributed by atoms with Crippen LogP contribution in [-0.4, -0.2) is 53.0 Å². The lowest BCUT2D eigenvalue weighted by Gasteiger charge is -2.27. The summed E-state index contributed by atoms with van der Waals surface area (Å²) in [7, 11) is 0. The fraction of sp³-hybridized carbons (Fsp3) is 0.500. The Labute approximate surface area is 169 Å². The molecule has 0 saturated carbocycles. The minimum absolute atomic E-state index is 0.123. The van der Waals surface area contributed by atoms with Crippen LogP contribution in [0.1, 0.15) is 38.2 Å². The third-order valence-corrected chi connectivity index (χ3v) is 5.07. The van der Waals surface area contributed by atoms with Crippen molar-refractivity contribution in [2.24, 2.45) is 5.73 Å². The van der Waals surface area contributed by atoms with Gasteiger partial charge in [-0.15, -0.1) is 0 Å². The number of benzene rings is 1. The van der Waals surface area contributed by atoms with E-state index in [2.05, 4.69) is 16.0 Å². The number of primary amides is 1. The maximum absolute atomic E-state index is 12.8. The van der Waals surface area contributed by atoms with E-state index in [4.69, 9.17) is 5.73 Å². The minimum atomic E-state index is -1.27. The molecule has 29 heavy (non-hydrogen) atoms. The molecular formula is C20H28N4O5. The van der Waals surface area contributed by atoms with Gasteiger partial charge in [0.1, 0.15) is 12.1 Å². The zero-order valence-electron chi connectivity index (χ0n) is 16.4. The molecule has 0 aromatic heterocycles. The molecule has 0 bridgehead atoms. The van der Waals surface area contributed by atoms with E-state index in [0.717, 1.165) is 12.0 Å². The molecule has 9 nitrogen and oxygen atoms in total. The number of carboxylic acids is 1. The van der Waals surface area contributed by atoms with E-state index in [9.17, 15) is 24.3 Å². The third kappa shape index (κ3) is 6.56. The second-order valence-corrected chi connectivity index (χ2v) is 7.48. The van der Waals surface area contributed by atoms with Crippen molar-refractivity contribution in [2.45, 2.75) is 56.7 Å². The van der Waals surface area contributed by atoms with Crippen molar-refractivity contribution in [3.63, 3.8) is 0 Å². The summed E-state index contributed by atoms with van der Waals surface area (Å²) in [5, 5.41) is 17.7. The summed E-state index contributed by atoms with van der Waals surface area (Å²) in [5.74, 6) is -2.86. The molecule has 1 heterocycles. The minimum Gasteiger partial charge on any atom is -0.480 e. The van der Waals surface area contributed by atoms with Crippen LogP contribution in [0, 0.1) is 0 Å². The monoisotopic (exact) mass is 404 g/mol. The fourth-order valence-corrected chi connectivity index (χ4v) is 3.28. The molecule has 0 unspecified atom stereocenters. The highest BCUT2D eigenvalue weighted by Crippen LogP contribution is 2.19. The number of nitrogens with one attached hydrogen (secondary N) is 3. The summed E-state index contributed by atoms with van der Waals surface area (Å²) < 4.78 is 0. The second-order valence-electron chi connectivity index (χ2n) is 7.48. The second kappa shape index (κ2) is 10.0. The Morgan fingerprint density at radius 1 is 1.17 bits per heavy atom. The van der Waals surface area contributed by atoms with Gasteiger partial charge in [0.15, 0.2) is 0 Å². The van der Waals surface area contributed by atoms with Crippen LogP contribution in [-0.2, 0) is 25.6 Å². The Morgan fingerprint density at radius 3 is 2.41 bits per heavy atom. The SMILES string of the molecule is C[C@@]1(C(=O)N[C@@H](Cc2ccccc2)C(=O)N[C@@H](CCC(N)=O)C(=O)O)CCCN1. The van der Waals surface area contributed by atoms with E-state index >= 15 is 0 Å². The molecular weight excluding hydrogens is 376 g/mol. The van der Waals surface area contributed by atoms with Crippen molar-refractivity contribution in [1.82, 2.24) is 16.0 Å². The van der Waals surface area contributed by atoms with Crippen LogP contribution in [0.3, 0.4) is 0 Å². The molecule has 0 aliphatic carbocycles. The van der Waals surface area contributed by atoms with Crippen molar-refractivity contribution < 1.29 is 24.3 Å². The lowest BCUT2D eigenvalue weighted by Crippen LogP contribution is -2.58. The summed E-state index contributed by atoms with van der Waals surface area (Å²) in [5.41, 5.74) is 5.13. The van der Waals surface area contributed by atoms with Gasteiger partial charge in [0.25, 0.3) is 0 Å². The smallest absolute Gasteiger partial charge is 0.326 e. The van der Waals surface area contributed by atoms with Gasteiger partial charge in [-0.2, -0.15) is 0 Å². The van der Waals surface area contributed by atoms with Crippen molar-refractivity contribution in [1.29, 1.82) is 0 Å². The number of carbonyl (C=O) groups is 4.